The molecule has 0 amide bonds. The van der Waals surface area contributed by atoms with Crippen LogP contribution < -0.4 is 4.74 Å². The van der Waals surface area contributed by atoms with Crippen molar-refractivity contribution in [3.63, 3.8) is 0 Å². The fourth-order valence-electron chi connectivity index (χ4n) is 4.85. The van der Waals surface area contributed by atoms with Gasteiger partial charge in [-0.05, 0) is 64.8 Å². The van der Waals surface area contributed by atoms with Gasteiger partial charge in [-0.3, -0.25) is 9.59 Å². The first kappa shape index (κ1) is 23.5. The van der Waals surface area contributed by atoms with Crippen LogP contribution in [0.4, 0.5) is 0 Å². The third-order valence-electron chi connectivity index (χ3n) is 6.73. The lowest BCUT2D eigenvalue weighted by Gasteiger charge is -2.38. The highest BCUT2D eigenvalue weighted by Gasteiger charge is 2.43. The summed E-state index contributed by atoms with van der Waals surface area (Å²) >= 11 is 0. The Kier molecular flexibility index (Phi) is 6.89. The van der Waals surface area contributed by atoms with Crippen LogP contribution in [0.1, 0.15) is 67.9 Å². The first-order chi connectivity index (χ1) is 15.7. The van der Waals surface area contributed by atoms with E-state index in [9.17, 15) is 9.59 Å². The molecule has 0 aliphatic carbocycles. The molecule has 2 aliphatic rings. The van der Waals surface area contributed by atoms with Gasteiger partial charge in [-0.25, -0.2) is 0 Å². The van der Waals surface area contributed by atoms with E-state index in [0.717, 1.165) is 50.2 Å². The number of carbonyl (C=O) groups is 2. The normalized spacial score (nSPS) is 17.4. The maximum Gasteiger partial charge on any atom is 0.307 e. The summed E-state index contributed by atoms with van der Waals surface area (Å²) in [4.78, 5) is 27.1. The molecule has 0 aromatic heterocycles. The average molecular weight is 450 g/mol. The Bertz CT molecular complexity index is 985. The highest BCUT2D eigenvalue weighted by atomic mass is 16.6. The van der Waals surface area contributed by atoms with Gasteiger partial charge in [-0.15, -0.1) is 0 Å². The summed E-state index contributed by atoms with van der Waals surface area (Å²) in [5.74, 6) is 0.882. The third-order valence-corrected chi connectivity index (χ3v) is 6.73. The predicted octanol–water partition coefficient (Wildman–Crippen LogP) is 4.96. The van der Waals surface area contributed by atoms with E-state index in [1.54, 1.807) is 0 Å². The maximum atomic E-state index is 12.7. The number of benzene rings is 2. The first-order valence-corrected chi connectivity index (χ1v) is 12.0. The molecule has 1 fully saturated rings. The van der Waals surface area contributed by atoms with Crippen molar-refractivity contribution in [1.29, 1.82) is 0 Å². The summed E-state index contributed by atoms with van der Waals surface area (Å²) in [6.45, 7) is 8.96. The molecule has 2 aliphatic heterocycles. The standard InChI is InChI=1S/C28H35NO4/c1-27(2,3)33-26(31)13-16-29-17-14-28(15-18-29)20-32-25-19-22(10-11-23(25)28)24(30)12-9-21-7-5-4-6-8-21/h4-8,10-11,19H,9,12-18,20H2,1-3H3. The Hall–Kier alpha value is -2.66. The molecule has 1 spiro atoms. The summed E-state index contributed by atoms with van der Waals surface area (Å²) < 4.78 is 11.5. The molecule has 1 saturated heterocycles. The molecule has 176 valence electrons. The number of Topliss-reactive ketones (excluding diaryl/α,β-unsaturated/α-hetero) is 1. The van der Waals surface area contributed by atoms with E-state index in [4.69, 9.17) is 9.47 Å². The largest absolute Gasteiger partial charge is 0.492 e. The van der Waals surface area contributed by atoms with Crippen molar-refractivity contribution >= 4 is 11.8 Å². The predicted molar refractivity (Wildman–Crippen MR) is 129 cm³/mol. The molecule has 4 rings (SSSR count). The minimum atomic E-state index is -0.435. The van der Waals surface area contributed by atoms with Crippen LogP contribution in [0.3, 0.4) is 0 Å². The van der Waals surface area contributed by atoms with Crippen molar-refractivity contribution in [2.45, 2.75) is 63.9 Å². The zero-order valence-corrected chi connectivity index (χ0v) is 20.1. The Labute approximate surface area is 197 Å². The highest BCUT2D eigenvalue weighted by Crippen LogP contribution is 2.45. The number of ether oxygens (including phenoxy) is 2. The molecule has 0 N–H and O–H groups in total. The van der Waals surface area contributed by atoms with E-state index in [-0.39, 0.29) is 17.2 Å². The van der Waals surface area contributed by atoms with Crippen LogP contribution in [-0.2, 0) is 21.4 Å². The molecule has 0 bridgehead atoms. The lowest BCUT2D eigenvalue weighted by atomic mass is 9.74. The highest BCUT2D eigenvalue weighted by molar-refractivity contribution is 5.96. The van der Waals surface area contributed by atoms with Crippen molar-refractivity contribution in [2.24, 2.45) is 0 Å². The van der Waals surface area contributed by atoms with Crippen molar-refractivity contribution in [3.05, 3.63) is 65.2 Å². The number of ketones is 1. The van der Waals surface area contributed by atoms with Crippen LogP contribution in [0.5, 0.6) is 5.75 Å². The summed E-state index contributed by atoms with van der Waals surface area (Å²) in [5.41, 5.74) is 2.73. The molecule has 2 aromatic rings. The van der Waals surface area contributed by atoms with Crippen molar-refractivity contribution in [2.75, 3.05) is 26.2 Å². The van der Waals surface area contributed by atoms with Gasteiger partial charge in [-0.2, -0.15) is 0 Å². The van der Waals surface area contributed by atoms with Gasteiger partial charge >= 0.3 is 5.97 Å². The monoisotopic (exact) mass is 449 g/mol. The molecule has 33 heavy (non-hydrogen) atoms. The van der Waals surface area contributed by atoms with Gasteiger partial charge in [0.05, 0.1) is 13.0 Å². The molecule has 0 atom stereocenters. The fourth-order valence-corrected chi connectivity index (χ4v) is 4.85. The van der Waals surface area contributed by atoms with Gasteiger partial charge in [0.2, 0.25) is 0 Å². The van der Waals surface area contributed by atoms with Crippen molar-refractivity contribution < 1.29 is 19.1 Å². The zero-order valence-electron chi connectivity index (χ0n) is 20.1. The number of likely N-dealkylation sites (tertiary alicyclic amines) is 1. The number of fused-ring (bicyclic) bond motifs is 2. The van der Waals surface area contributed by atoms with Gasteiger partial charge in [0.25, 0.3) is 0 Å². The van der Waals surface area contributed by atoms with E-state index in [1.165, 1.54) is 11.1 Å². The van der Waals surface area contributed by atoms with Gasteiger partial charge in [-0.1, -0.05) is 42.5 Å². The Morgan fingerprint density at radius 1 is 1.03 bits per heavy atom. The van der Waals surface area contributed by atoms with E-state index < -0.39 is 5.60 Å². The lowest BCUT2D eigenvalue weighted by molar-refractivity contribution is -0.155. The summed E-state index contributed by atoms with van der Waals surface area (Å²) in [7, 11) is 0. The SMILES string of the molecule is CC(C)(C)OC(=O)CCN1CCC2(CC1)COc1cc(C(=O)CCc3ccccc3)ccc12. The van der Waals surface area contributed by atoms with Crippen molar-refractivity contribution in [3.8, 4) is 5.75 Å². The molecule has 0 saturated carbocycles. The van der Waals surface area contributed by atoms with Crippen LogP contribution in [0, 0.1) is 0 Å². The molecular weight excluding hydrogens is 414 g/mol. The summed E-state index contributed by atoms with van der Waals surface area (Å²) in [6, 6.07) is 16.1. The molecule has 0 unspecified atom stereocenters. The summed E-state index contributed by atoms with van der Waals surface area (Å²) in [5, 5.41) is 0. The third kappa shape index (κ3) is 5.83. The number of esters is 1. The Balaban J connectivity index is 1.31. The smallest absolute Gasteiger partial charge is 0.307 e. The van der Waals surface area contributed by atoms with E-state index >= 15 is 0 Å². The quantitative estimate of drug-likeness (QED) is 0.442. The van der Waals surface area contributed by atoms with Gasteiger partial charge in [0.1, 0.15) is 11.4 Å². The minimum Gasteiger partial charge on any atom is -0.492 e. The number of hydrogen-bond acceptors (Lipinski definition) is 5. The second kappa shape index (κ2) is 9.68. The van der Waals surface area contributed by atoms with Crippen LogP contribution >= 0.6 is 0 Å². The topological polar surface area (TPSA) is 55.8 Å². The second-order valence-electron chi connectivity index (χ2n) is 10.4. The van der Waals surface area contributed by atoms with Crippen LogP contribution in [-0.4, -0.2) is 48.5 Å². The number of carbonyl (C=O) groups excluding carboxylic acids is 2. The first-order valence-electron chi connectivity index (χ1n) is 12.0. The molecule has 2 heterocycles. The molecule has 5 nitrogen and oxygen atoms in total. The fraction of sp³-hybridized carbons (Fsp3) is 0.500. The molecule has 5 heteroatoms. The van der Waals surface area contributed by atoms with Crippen LogP contribution in [0.2, 0.25) is 0 Å². The van der Waals surface area contributed by atoms with E-state index in [1.807, 2.05) is 51.1 Å². The van der Waals surface area contributed by atoms with Crippen LogP contribution in [0.25, 0.3) is 0 Å². The zero-order chi connectivity index (χ0) is 23.5. The Morgan fingerprint density at radius 2 is 1.76 bits per heavy atom. The number of hydrogen-bond donors (Lipinski definition) is 0. The Morgan fingerprint density at radius 3 is 2.45 bits per heavy atom. The molecule has 2 aromatic carbocycles. The van der Waals surface area contributed by atoms with Gasteiger partial charge < -0.3 is 14.4 Å². The second-order valence-corrected chi connectivity index (χ2v) is 10.4. The van der Waals surface area contributed by atoms with Gasteiger partial charge in [0.15, 0.2) is 5.78 Å². The van der Waals surface area contributed by atoms with Crippen LogP contribution in [0.15, 0.2) is 48.5 Å². The minimum absolute atomic E-state index is 0.0172. The number of rotatable bonds is 7. The van der Waals surface area contributed by atoms with E-state index in [0.29, 0.717) is 19.4 Å². The number of nitrogens with zero attached hydrogens (tertiary/aromatic N) is 1. The maximum absolute atomic E-state index is 12.7. The lowest BCUT2D eigenvalue weighted by Crippen LogP contribution is -2.44. The molecular formula is C28H35NO4. The number of aryl methyl sites for hydroxylation is 1. The average Bonchev–Trinajstić information content (AvgIpc) is 3.14. The van der Waals surface area contributed by atoms with Crippen molar-refractivity contribution in [1.82, 2.24) is 4.90 Å². The molecule has 0 radical (unpaired) electrons. The summed E-state index contributed by atoms with van der Waals surface area (Å²) in [6.07, 6.45) is 3.66. The number of piperidine rings is 1. The van der Waals surface area contributed by atoms with Gasteiger partial charge in [0, 0.05) is 29.5 Å². The van der Waals surface area contributed by atoms with E-state index in [2.05, 4.69) is 23.1 Å².